The number of carbonyl (C=O) groups excluding carboxylic acids is 2. The molecule has 0 spiro atoms. The first-order chi connectivity index (χ1) is 9.70. The van der Waals surface area contributed by atoms with E-state index in [0.29, 0.717) is 19.6 Å². The van der Waals surface area contributed by atoms with Crippen LogP contribution in [0.1, 0.15) is 12.8 Å². The average molecular weight is 293 g/mol. The molecule has 3 amide bonds. The van der Waals surface area contributed by atoms with Crippen LogP contribution in [0.15, 0.2) is 30.2 Å². The highest BCUT2D eigenvalue weighted by molar-refractivity contribution is 7.14. The maximum atomic E-state index is 12.1. The van der Waals surface area contributed by atoms with Crippen LogP contribution in [0.5, 0.6) is 0 Å². The number of anilines is 1. The number of likely N-dealkylation sites (tertiary alicyclic amines) is 1. The zero-order chi connectivity index (χ0) is 14.4. The van der Waals surface area contributed by atoms with Gasteiger partial charge in [-0.25, -0.2) is 4.79 Å². The van der Waals surface area contributed by atoms with Crippen molar-refractivity contribution in [3.8, 4) is 0 Å². The topological polar surface area (TPSA) is 61.4 Å². The van der Waals surface area contributed by atoms with Crippen LogP contribution in [0.4, 0.5) is 9.80 Å². The number of nitrogens with one attached hydrogen (secondary N) is 2. The fraction of sp³-hybridized carbons (Fsp3) is 0.429. The summed E-state index contributed by atoms with van der Waals surface area (Å²) in [6.07, 6.45) is 3.33. The van der Waals surface area contributed by atoms with E-state index < -0.39 is 0 Å². The lowest BCUT2D eigenvalue weighted by Crippen LogP contribution is -2.46. The van der Waals surface area contributed by atoms with E-state index in [1.807, 2.05) is 17.5 Å². The van der Waals surface area contributed by atoms with Crippen molar-refractivity contribution in [1.82, 2.24) is 10.2 Å². The van der Waals surface area contributed by atoms with Gasteiger partial charge in [0, 0.05) is 19.6 Å². The number of piperidine rings is 1. The molecule has 0 bridgehead atoms. The van der Waals surface area contributed by atoms with Crippen LogP contribution >= 0.6 is 11.3 Å². The molecular formula is C14H19N3O2S. The van der Waals surface area contributed by atoms with Gasteiger partial charge in [-0.15, -0.1) is 17.9 Å². The second kappa shape index (κ2) is 7.09. The smallest absolute Gasteiger partial charge is 0.322 e. The van der Waals surface area contributed by atoms with Gasteiger partial charge in [0.2, 0.25) is 5.91 Å². The van der Waals surface area contributed by atoms with Crippen LogP contribution in [0.2, 0.25) is 0 Å². The van der Waals surface area contributed by atoms with Crippen LogP contribution in [0.3, 0.4) is 0 Å². The van der Waals surface area contributed by atoms with E-state index in [2.05, 4.69) is 17.2 Å². The molecule has 2 heterocycles. The van der Waals surface area contributed by atoms with Gasteiger partial charge in [0.1, 0.15) is 0 Å². The minimum atomic E-state index is -0.131. The van der Waals surface area contributed by atoms with Crippen molar-refractivity contribution in [2.45, 2.75) is 12.8 Å². The molecule has 0 aliphatic carbocycles. The van der Waals surface area contributed by atoms with Gasteiger partial charge < -0.3 is 10.2 Å². The molecule has 1 atom stereocenters. The minimum absolute atomic E-state index is 0.00137. The van der Waals surface area contributed by atoms with Crippen molar-refractivity contribution in [3.05, 3.63) is 30.2 Å². The summed E-state index contributed by atoms with van der Waals surface area (Å²) in [4.78, 5) is 25.8. The fourth-order valence-corrected chi connectivity index (χ4v) is 2.83. The van der Waals surface area contributed by atoms with E-state index in [4.69, 9.17) is 0 Å². The molecule has 0 aromatic carbocycles. The third kappa shape index (κ3) is 3.84. The Balaban J connectivity index is 1.87. The Morgan fingerprint density at radius 1 is 1.55 bits per heavy atom. The molecule has 1 aliphatic heterocycles. The van der Waals surface area contributed by atoms with E-state index in [-0.39, 0.29) is 17.9 Å². The van der Waals surface area contributed by atoms with Gasteiger partial charge in [-0.05, 0) is 30.4 Å². The second-order valence-corrected chi connectivity index (χ2v) is 5.67. The first-order valence-corrected chi connectivity index (χ1v) is 7.56. The Bertz CT molecular complexity index is 473. The third-order valence-electron chi connectivity index (χ3n) is 3.25. The van der Waals surface area contributed by atoms with Crippen LogP contribution in [-0.4, -0.2) is 36.5 Å². The van der Waals surface area contributed by atoms with E-state index >= 15 is 0 Å². The van der Waals surface area contributed by atoms with Crippen molar-refractivity contribution < 1.29 is 9.59 Å². The molecule has 1 aliphatic rings. The normalized spacial score (nSPS) is 18.4. The molecule has 6 heteroatoms. The lowest BCUT2D eigenvalue weighted by molar-refractivity contribution is -0.126. The van der Waals surface area contributed by atoms with Crippen molar-refractivity contribution >= 4 is 28.3 Å². The molecule has 2 rings (SSSR count). The number of amides is 3. The first-order valence-electron chi connectivity index (χ1n) is 6.68. The first kappa shape index (κ1) is 14.6. The zero-order valence-corrected chi connectivity index (χ0v) is 12.1. The highest BCUT2D eigenvalue weighted by atomic mass is 32.1. The molecule has 1 aromatic heterocycles. The van der Waals surface area contributed by atoms with E-state index in [1.54, 1.807) is 11.0 Å². The summed E-state index contributed by atoms with van der Waals surface area (Å²) < 4.78 is 0. The SMILES string of the molecule is C=CCNC(=O)C1CCCN(C(=O)Nc2cccs2)C1. The summed E-state index contributed by atoms with van der Waals surface area (Å²) in [5, 5.41) is 8.39. The predicted octanol–water partition coefficient (Wildman–Crippen LogP) is 2.29. The van der Waals surface area contributed by atoms with Gasteiger partial charge in [-0.3, -0.25) is 10.1 Å². The van der Waals surface area contributed by atoms with E-state index in [0.717, 1.165) is 17.8 Å². The van der Waals surface area contributed by atoms with Crippen molar-refractivity contribution in [2.24, 2.45) is 5.92 Å². The number of carbonyl (C=O) groups is 2. The lowest BCUT2D eigenvalue weighted by atomic mass is 9.97. The lowest BCUT2D eigenvalue weighted by Gasteiger charge is -2.31. The molecule has 1 unspecified atom stereocenters. The molecule has 1 saturated heterocycles. The van der Waals surface area contributed by atoms with Crippen LogP contribution in [-0.2, 0) is 4.79 Å². The molecule has 2 N–H and O–H groups in total. The number of hydrogen-bond acceptors (Lipinski definition) is 3. The standard InChI is InChI=1S/C14H19N3O2S/c1-2-7-15-13(18)11-5-3-8-17(10-11)14(19)16-12-6-4-9-20-12/h2,4,6,9,11H,1,3,5,7-8,10H2,(H,15,18)(H,16,19). The van der Waals surface area contributed by atoms with Crippen molar-refractivity contribution in [3.63, 3.8) is 0 Å². The average Bonchev–Trinajstić information content (AvgIpc) is 2.97. The van der Waals surface area contributed by atoms with Gasteiger partial charge in [0.25, 0.3) is 0 Å². The van der Waals surface area contributed by atoms with Crippen LogP contribution < -0.4 is 10.6 Å². The number of urea groups is 1. The summed E-state index contributed by atoms with van der Waals surface area (Å²) in [5.41, 5.74) is 0. The van der Waals surface area contributed by atoms with E-state index in [9.17, 15) is 9.59 Å². The Morgan fingerprint density at radius 2 is 2.40 bits per heavy atom. The largest absolute Gasteiger partial charge is 0.352 e. The molecular weight excluding hydrogens is 274 g/mol. The second-order valence-electron chi connectivity index (χ2n) is 4.73. The van der Waals surface area contributed by atoms with Crippen molar-refractivity contribution in [2.75, 3.05) is 25.0 Å². The number of thiophene rings is 1. The summed E-state index contributed by atoms with van der Waals surface area (Å²) in [7, 11) is 0. The molecule has 1 aromatic rings. The molecule has 0 saturated carbocycles. The minimum Gasteiger partial charge on any atom is -0.352 e. The highest BCUT2D eigenvalue weighted by Crippen LogP contribution is 2.20. The number of rotatable bonds is 4. The Morgan fingerprint density at radius 3 is 3.10 bits per heavy atom. The fourth-order valence-electron chi connectivity index (χ4n) is 2.23. The Kier molecular flexibility index (Phi) is 5.17. The molecule has 0 radical (unpaired) electrons. The molecule has 5 nitrogen and oxygen atoms in total. The summed E-state index contributed by atoms with van der Waals surface area (Å²) in [6.45, 7) is 5.21. The quantitative estimate of drug-likeness (QED) is 0.837. The monoisotopic (exact) mass is 293 g/mol. The Labute approximate surface area is 122 Å². The van der Waals surface area contributed by atoms with Gasteiger partial charge in [0.05, 0.1) is 10.9 Å². The zero-order valence-electron chi connectivity index (χ0n) is 11.3. The summed E-state index contributed by atoms with van der Waals surface area (Å²) >= 11 is 1.48. The van der Waals surface area contributed by atoms with Gasteiger partial charge in [-0.2, -0.15) is 0 Å². The summed E-state index contributed by atoms with van der Waals surface area (Å²) in [5.74, 6) is -0.128. The maximum Gasteiger partial charge on any atom is 0.322 e. The van der Waals surface area contributed by atoms with Crippen LogP contribution in [0, 0.1) is 5.92 Å². The van der Waals surface area contributed by atoms with Gasteiger partial charge >= 0.3 is 6.03 Å². The molecule has 1 fully saturated rings. The van der Waals surface area contributed by atoms with E-state index in [1.165, 1.54) is 11.3 Å². The Hall–Kier alpha value is -1.82. The van der Waals surface area contributed by atoms with Crippen molar-refractivity contribution in [1.29, 1.82) is 0 Å². The number of hydrogen-bond donors (Lipinski definition) is 2. The predicted molar refractivity (Wildman–Crippen MR) is 80.8 cm³/mol. The van der Waals surface area contributed by atoms with Gasteiger partial charge in [-0.1, -0.05) is 6.08 Å². The summed E-state index contributed by atoms with van der Waals surface area (Å²) in [6, 6.07) is 3.62. The van der Waals surface area contributed by atoms with Gasteiger partial charge in [0.15, 0.2) is 0 Å². The highest BCUT2D eigenvalue weighted by Gasteiger charge is 2.28. The molecule has 108 valence electrons. The van der Waals surface area contributed by atoms with Crippen LogP contribution in [0.25, 0.3) is 0 Å². The third-order valence-corrected chi connectivity index (χ3v) is 4.04. The molecule has 20 heavy (non-hydrogen) atoms. The maximum absolute atomic E-state index is 12.1. The number of nitrogens with zero attached hydrogens (tertiary/aromatic N) is 1.